The van der Waals surface area contributed by atoms with Gasteiger partial charge in [-0.05, 0) is 166 Å². The van der Waals surface area contributed by atoms with Gasteiger partial charge in [-0.25, -0.2) is 0 Å². The molecule has 0 saturated heterocycles. The maximum Gasteiger partial charge on any atom is 0.0540 e. The number of para-hydroxylation sites is 4. The molecule has 0 aliphatic rings. The van der Waals surface area contributed by atoms with Gasteiger partial charge in [-0.1, -0.05) is 170 Å². The van der Waals surface area contributed by atoms with Crippen LogP contribution in [0.25, 0.3) is 43.1 Å². The van der Waals surface area contributed by atoms with Crippen LogP contribution in [0.3, 0.4) is 0 Å². The Balaban J connectivity index is 0.901. The highest BCUT2D eigenvalue weighted by atomic mass is 15.2. The Labute approximate surface area is 432 Å². The molecule has 0 fully saturated rings. The van der Waals surface area contributed by atoms with Crippen LogP contribution in [0.15, 0.2) is 303 Å². The molecule has 0 amide bonds. The third-order valence-electron chi connectivity index (χ3n) is 14.1. The van der Waals surface area contributed by atoms with E-state index in [2.05, 4.69) is 323 Å². The van der Waals surface area contributed by atoms with Gasteiger partial charge >= 0.3 is 0 Å². The third-order valence-corrected chi connectivity index (χ3v) is 14.1. The van der Waals surface area contributed by atoms with Crippen LogP contribution in [-0.2, 0) is 0 Å². The number of anilines is 12. The van der Waals surface area contributed by atoms with Gasteiger partial charge in [-0.3, -0.25) is 0 Å². The minimum Gasteiger partial charge on any atom is -0.311 e. The van der Waals surface area contributed by atoms with E-state index in [1.54, 1.807) is 0 Å². The first kappa shape index (κ1) is 44.1. The van der Waals surface area contributed by atoms with Gasteiger partial charge in [0, 0.05) is 67.6 Å². The average Bonchev–Trinajstić information content (AvgIpc) is 3.47. The summed E-state index contributed by atoms with van der Waals surface area (Å²) in [5.41, 5.74) is 13.2. The Hall–Kier alpha value is -9.90. The van der Waals surface area contributed by atoms with Crippen molar-refractivity contribution < 1.29 is 0 Å². The van der Waals surface area contributed by atoms with Gasteiger partial charge < -0.3 is 19.6 Å². The predicted octanol–water partition coefficient (Wildman–Crippen LogP) is 20.2. The molecule has 0 radical (unpaired) electrons. The Morgan fingerprint density at radius 3 is 0.770 bits per heavy atom. The van der Waals surface area contributed by atoms with Gasteiger partial charge in [0.2, 0.25) is 0 Å². The van der Waals surface area contributed by atoms with Crippen LogP contribution in [-0.4, -0.2) is 0 Å². The molecule has 350 valence electrons. The van der Waals surface area contributed by atoms with Crippen molar-refractivity contribution in [3.8, 4) is 0 Å². The average molecular weight is 947 g/mol. The lowest BCUT2D eigenvalue weighted by molar-refractivity contribution is 1.26. The van der Waals surface area contributed by atoms with Crippen molar-refractivity contribution >= 4 is 111 Å². The number of benzene rings is 13. The molecule has 0 unspecified atom stereocenters. The Kier molecular flexibility index (Phi) is 11.5. The maximum absolute atomic E-state index is 2.40. The Morgan fingerprint density at radius 1 is 0.149 bits per heavy atom. The molecule has 0 spiro atoms. The van der Waals surface area contributed by atoms with E-state index < -0.39 is 0 Å². The van der Waals surface area contributed by atoms with Crippen molar-refractivity contribution in [2.75, 3.05) is 19.6 Å². The van der Waals surface area contributed by atoms with Gasteiger partial charge in [0.05, 0.1) is 11.4 Å². The van der Waals surface area contributed by atoms with E-state index >= 15 is 0 Å². The highest BCUT2D eigenvalue weighted by Gasteiger charge is 2.21. The van der Waals surface area contributed by atoms with Gasteiger partial charge in [0.25, 0.3) is 0 Å². The molecule has 4 nitrogen and oxygen atoms in total. The van der Waals surface area contributed by atoms with Gasteiger partial charge in [0.1, 0.15) is 0 Å². The summed E-state index contributed by atoms with van der Waals surface area (Å²) in [4.78, 5) is 9.42. The summed E-state index contributed by atoms with van der Waals surface area (Å²) in [6.07, 6.45) is 0. The molecule has 0 aromatic heterocycles. The highest BCUT2D eigenvalue weighted by molar-refractivity contribution is 6.11. The smallest absolute Gasteiger partial charge is 0.0540 e. The van der Waals surface area contributed by atoms with E-state index in [4.69, 9.17) is 0 Å². The van der Waals surface area contributed by atoms with Gasteiger partial charge in [-0.15, -0.1) is 0 Å². The molecule has 13 aromatic carbocycles. The summed E-state index contributed by atoms with van der Waals surface area (Å²) in [6.45, 7) is 0. The molecule has 0 atom stereocenters. The number of hydrogen-bond acceptors (Lipinski definition) is 4. The van der Waals surface area contributed by atoms with Crippen LogP contribution in [0.1, 0.15) is 0 Å². The normalized spacial score (nSPS) is 11.2. The van der Waals surface area contributed by atoms with Gasteiger partial charge in [0.15, 0.2) is 0 Å². The monoisotopic (exact) mass is 946 g/mol. The van der Waals surface area contributed by atoms with Gasteiger partial charge in [-0.2, -0.15) is 0 Å². The zero-order chi connectivity index (χ0) is 49.2. The van der Waals surface area contributed by atoms with Crippen LogP contribution in [0.5, 0.6) is 0 Å². The number of rotatable bonds is 12. The fraction of sp³-hybridized carbons (Fsp3) is 0. The number of fused-ring (bicyclic) bond motifs is 5. The first-order valence-electron chi connectivity index (χ1n) is 25.2. The van der Waals surface area contributed by atoms with Crippen molar-refractivity contribution in [3.05, 3.63) is 303 Å². The zero-order valence-corrected chi connectivity index (χ0v) is 40.7. The molecule has 13 aromatic rings. The molecule has 0 heterocycles. The molecule has 0 aliphatic carbocycles. The van der Waals surface area contributed by atoms with E-state index in [1.165, 1.54) is 43.1 Å². The quantitative estimate of drug-likeness (QED) is 0.113. The summed E-state index contributed by atoms with van der Waals surface area (Å²) in [5.74, 6) is 0. The topological polar surface area (TPSA) is 13.0 Å². The zero-order valence-electron chi connectivity index (χ0n) is 40.7. The minimum atomic E-state index is 1.07. The minimum absolute atomic E-state index is 1.07. The first-order valence-corrected chi connectivity index (χ1v) is 25.2. The second kappa shape index (κ2) is 19.4. The van der Waals surface area contributed by atoms with E-state index in [1.807, 2.05) is 0 Å². The second-order valence-corrected chi connectivity index (χ2v) is 18.6. The van der Waals surface area contributed by atoms with E-state index in [0.29, 0.717) is 0 Å². The Morgan fingerprint density at radius 2 is 0.419 bits per heavy atom. The lowest BCUT2D eigenvalue weighted by Crippen LogP contribution is -2.12. The summed E-state index contributed by atoms with van der Waals surface area (Å²) in [7, 11) is 0. The summed E-state index contributed by atoms with van der Waals surface area (Å²) in [5, 5.41) is 9.53. The molecule has 0 saturated carbocycles. The van der Waals surface area contributed by atoms with E-state index in [0.717, 1.165) is 68.2 Å². The number of hydrogen-bond donors (Lipinski definition) is 0. The van der Waals surface area contributed by atoms with Crippen LogP contribution in [0.2, 0.25) is 0 Å². The van der Waals surface area contributed by atoms with Crippen molar-refractivity contribution in [1.82, 2.24) is 0 Å². The van der Waals surface area contributed by atoms with Crippen LogP contribution < -0.4 is 19.6 Å². The summed E-state index contributed by atoms with van der Waals surface area (Å²) < 4.78 is 0. The number of nitrogens with zero attached hydrogens (tertiary/aromatic N) is 4. The van der Waals surface area contributed by atoms with Crippen molar-refractivity contribution in [3.63, 3.8) is 0 Å². The largest absolute Gasteiger partial charge is 0.311 e. The fourth-order valence-electron chi connectivity index (χ4n) is 10.7. The maximum atomic E-state index is 2.40. The van der Waals surface area contributed by atoms with Crippen LogP contribution >= 0.6 is 0 Å². The standard InChI is InChI=1S/C70H50N4/c1-5-23-55(24-6-1)71(56-25-7-2-8-26-56)59-37-41-61(42-38-59)73(69-33-17-21-51-19-13-15-31-67(51)69)63-45-47-65-53(49-63)35-36-54-50-64(46-48-66(54)65)74(70-34-18-22-52-20-14-16-32-68(52)70)62-43-39-60(40-44-62)72(57-27-9-3-10-28-57)58-29-11-4-12-30-58/h1-50H. The molecule has 0 bridgehead atoms. The molecule has 0 aliphatic heterocycles. The SMILES string of the molecule is c1ccc(N(c2ccccc2)c2ccc(N(c3ccc4c(ccc5cc(N(c6ccc(N(c7ccccc7)c7ccccc7)cc6)c6cccc7ccccc67)ccc54)c3)c3cccc4ccccc34)cc2)cc1. The predicted molar refractivity (Wildman–Crippen MR) is 315 cm³/mol. The fourth-order valence-corrected chi connectivity index (χ4v) is 10.7. The van der Waals surface area contributed by atoms with Crippen LogP contribution in [0, 0.1) is 0 Å². The highest BCUT2D eigenvalue weighted by Crippen LogP contribution is 2.45. The van der Waals surface area contributed by atoms with Crippen LogP contribution in [0.4, 0.5) is 68.2 Å². The second-order valence-electron chi connectivity index (χ2n) is 18.6. The lowest BCUT2D eigenvalue weighted by atomic mass is 9.99. The Bertz CT molecular complexity index is 3710. The summed E-state index contributed by atoms with van der Waals surface area (Å²) in [6, 6.07) is 109. The van der Waals surface area contributed by atoms with Crippen molar-refractivity contribution in [1.29, 1.82) is 0 Å². The van der Waals surface area contributed by atoms with Crippen molar-refractivity contribution in [2.45, 2.75) is 0 Å². The lowest BCUT2D eigenvalue weighted by Gasteiger charge is -2.29. The molecule has 4 heteroatoms. The van der Waals surface area contributed by atoms with E-state index in [-0.39, 0.29) is 0 Å². The molecule has 13 rings (SSSR count). The first-order chi connectivity index (χ1) is 36.7. The van der Waals surface area contributed by atoms with Crippen molar-refractivity contribution in [2.24, 2.45) is 0 Å². The third kappa shape index (κ3) is 8.30. The molecule has 74 heavy (non-hydrogen) atoms. The molecular weight excluding hydrogens is 897 g/mol. The van der Waals surface area contributed by atoms with E-state index in [9.17, 15) is 0 Å². The molecule has 0 N–H and O–H groups in total. The summed E-state index contributed by atoms with van der Waals surface area (Å²) >= 11 is 0. The molecular formula is C70H50N4.